The highest BCUT2D eigenvalue weighted by atomic mass is 32.2. The van der Waals surface area contributed by atoms with Gasteiger partial charge in [0.15, 0.2) is 0 Å². The van der Waals surface area contributed by atoms with Gasteiger partial charge in [0.2, 0.25) is 0 Å². The molecule has 0 saturated heterocycles. The number of nitrogens with one attached hydrogen (secondary N) is 1. The van der Waals surface area contributed by atoms with E-state index in [1.54, 1.807) is 12.1 Å². The maximum atomic E-state index is 11.0. The van der Waals surface area contributed by atoms with Crippen molar-refractivity contribution in [2.45, 2.75) is 26.3 Å². The standard InChI is InChI=1S/C13H20N2O3S/c1-4-19-8-7-10(2)14-12-6-5-11(18-3)9-13(12)15(16)17/h5-6,9-10,14H,4,7-8H2,1-3H3. The minimum Gasteiger partial charge on any atom is -0.496 e. The highest BCUT2D eigenvalue weighted by Gasteiger charge is 2.16. The van der Waals surface area contributed by atoms with Gasteiger partial charge in [-0.25, -0.2) is 0 Å². The average Bonchev–Trinajstić information content (AvgIpc) is 2.39. The zero-order chi connectivity index (χ0) is 14.3. The van der Waals surface area contributed by atoms with Crippen LogP contribution in [0, 0.1) is 10.1 Å². The maximum absolute atomic E-state index is 11.0. The molecule has 0 saturated carbocycles. The molecule has 6 heteroatoms. The van der Waals surface area contributed by atoms with Crippen LogP contribution in [-0.4, -0.2) is 29.6 Å². The smallest absolute Gasteiger partial charge is 0.296 e. The van der Waals surface area contributed by atoms with Gasteiger partial charge in [0.25, 0.3) is 5.69 Å². The Morgan fingerprint density at radius 2 is 2.26 bits per heavy atom. The van der Waals surface area contributed by atoms with Crippen molar-refractivity contribution in [3.8, 4) is 5.75 Å². The maximum Gasteiger partial charge on any atom is 0.296 e. The van der Waals surface area contributed by atoms with Gasteiger partial charge in [-0.05, 0) is 37.0 Å². The first kappa shape index (κ1) is 15.6. The van der Waals surface area contributed by atoms with Gasteiger partial charge in [0, 0.05) is 6.04 Å². The summed E-state index contributed by atoms with van der Waals surface area (Å²) in [6.07, 6.45) is 0.974. The number of methoxy groups -OCH3 is 1. The molecule has 0 bridgehead atoms. The van der Waals surface area contributed by atoms with Crippen LogP contribution < -0.4 is 10.1 Å². The number of benzene rings is 1. The molecule has 1 atom stereocenters. The van der Waals surface area contributed by atoms with Crippen LogP contribution in [0.15, 0.2) is 18.2 Å². The number of nitrogens with zero attached hydrogens (tertiary/aromatic N) is 1. The molecule has 0 aliphatic heterocycles. The van der Waals surface area contributed by atoms with Crippen molar-refractivity contribution in [1.82, 2.24) is 0 Å². The lowest BCUT2D eigenvalue weighted by atomic mass is 10.2. The molecule has 0 fully saturated rings. The lowest BCUT2D eigenvalue weighted by Crippen LogP contribution is -2.17. The molecule has 1 aromatic rings. The topological polar surface area (TPSA) is 64.4 Å². The summed E-state index contributed by atoms with van der Waals surface area (Å²) in [5, 5.41) is 14.2. The number of ether oxygens (including phenoxy) is 1. The fraction of sp³-hybridized carbons (Fsp3) is 0.538. The lowest BCUT2D eigenvalue weighted by Gasteiger charge is -2.15. The first-order chi connectivity index (χ1) is 9.08. The van der Waals surface area contributed by atoms with E-state index in [1.807, 2.05) is 18.7 Å². The zero-order valence-electron chi connectivity index (χ0n) is 11.5. The predicted octanol–water partition coefficient (Wildman–Crippen LogP) is 3.55. The molecular formula is C13H20N2O3S. The Morgan fingerprint density at radius 1 is 1.53 bits per heavy atom. The van der Waals surface area contributed by atoms with Gasteiger partial charge in [-0.15, -0.1) is 0 Å². The molecule has 5 nitrogen and oxygen atoms in total. The Balaban J connectivity index is 2.74. The van der Waals surface area contributed by atoms with E-state index in [0.717, 1.165) is 17.9 Å². The Bertz CT molecular complexity index is 426. The number of thioether (sulfide) groups is 1. The normalized spacial score (nSPS) is 11.9. The number of nitro benzene ring substituents is 1. The van der Waals surface area contributed by atoms with Crippen molar-refractivity contribution in [1.29, 1.82) is 0 Å². The summed E-state index contributed by atoms with van der Waals surface area (Å²) in [5.74, 6) is 2.63. The van der Waals surface area contributed by atoms with E-state index < -0.39 is 4.92 Å². The third-order valence-electron chi connectivity index (χ3n) is 2.70. The monoisotopic (exact) mass is 284 g/mol. The van der Waals surface area contributed by atoms with Gasteiger partial charge in [0.05, 0.1) is 18.1 Å². The molecule has 0 radical (unpaired) electrons. The highest BCUT2D eigenvalue weighted by molar-refractivity contribution is 7.99. The number of anilines is 1. The van der Waals surface area contributed by atoms with E-state index >= 15 is 0 Å². The minimum atomic E-state index is -0.391. The van der Waals surface area contributed by atoms with Gasteiger partial charge in [-0.2, -0.15) is 11.8 Å². The van der Waals surface area contributed by atoms with Crippen LogP contribution in [0.1, 0.15) is 20.3 Å². The van der Waals surface area contributed by atoms with Crippen molar-refractivity contribution in [2.24, 2.45) is 0 Å². The molecular weight excluding hydrogens is 264 g/mol. The van der Waals surface area contributed by atoms with E-state index in [9.17, 15) is 10.1 Å². The second-order valence-electron chi connectivity index (χ2n) is 4.17. The first-order valence-electron chi connectivity index (χ1n) is 6.25. The van der Waals surface area contributed by atoms with Gasteiger partial charge in [0.1, 0.15) is 11.4 Å². The Kier molecular flexibility index (Phi) is 6.49. The van der Waals surface area contributed by atoms with Crippen molar-refractivity contribution in [3.05, 3.63) is 28.3 Å². The predicted molar refractivity (Wildman–Crippen MR) is 80.3 cm³/mol. The van der Waals surface area contributed by atoms with E-state index in [4.69, 9.17) is 4.74 Å². The van der Waals surface area contributed by atoms with Crippen molar-refractivity contribution in [2.75, 3.05) is 23.9 Å². The average molecular weight is 284 g/mol. The molecule has 1 unspecified atom stereocenters. The second-order valence-corrected chi connectivity index (χ2v) is 5.57. The summed E-state index contributed by atoms with van der Waals surface area (Å²) >= 11 is 1.87. The van der Waals surface area contributed by atoms with E-state index in [1.165, 1.54) is 13.2 Å². The lowest BCUT2D eigenvalue weighted by molar-refractivity contribution is -0.384. The molecule has 1 aromatic carbocycles. The molecule has 0 heterocycles. The summed E-state index contributed by atoms with van der Waals surface area (Å²) in [6, 6.07) is 5.06. The molecule has 0 aliphatic carbocycles. The zero-order valence-corrected chi connectivity index (χ0v) is 12.3. The largest absolute Gasteiger partial charge is 0.496 e. The van der Waals surface area contributed by atoms with Crippen molar-refractivity contribution in [3.63, 3.8) is 0 Å². The molecule has 106 valence electrons. The fourth-order valence-corrected chi connectivity index (χ4v) is 2.46. The number of rotatable bonds is 8. The summed E-state index contributed by atoms with van der Waals surface area (Å²) < 4.78 is 5.01. The Labute approximate surface area is 117 Å². The van der Waals surface area contributed by atoms with Crippen LogP contribution in [0.2, 0.25) is 0 Å². The summed E-state index contributed by atoms with van der Waals surface area (Å²) in [5.41, 5.74) is 0.592. The van der Waals surface area contributed by atoms with Gasteiger partial charge >= 0.3 is 0 Å². The number of nitro groups is 1. The molecule has 1 N–H and O–H groups in total. The molecule has 0 spiro atoms. The van der Waals surface area contributed by atoms with Crippen LogP contribution in [0.25, 0.3) is 0 Å². The van der Waals surface area contributed by atoms with Gasteiger partial charge in [-0.1, -0.05) is 6.92 Å². The quantitative estimate of drug-likeness (QED) is 0.449. The summed E-state index contributed by atoms with van der Waals surface area (Å²) in [6.45, 7) is 4.15. The first-order valence-corrected chi connectivity index (χ1v) is 7.40. The van der Waals surface area contributed by atoms with E-state index in [-0.39, 0.29) is 11.7 Å². The molecule has 19 heavy (non-hydrogen) atoms. The molecule has 1 rings (SSSR count). The Morgan fingerprint density at radius 3 is 2.84 bits per heavy atom. The Hall–Kier alpha value is -1.43. The van der Waals surface area contributed by atoms with Crippen molar-refractivity contribution < 1.29 is 9.66 Å². The number of hydrogen-bond acceptors (Lipinski definition) is 5. The third kappa shape index (κ3) is 4.98. The van der Waals surface area contributed by atoms with Crippen LogP contribution in [0.4, 0.5) is 11.4 Å². The number of hydrogen-bond donors (Lipinski definition) is 1. The highest BCUT2D eigenvalue weighted by Crippen LogP contribution is 2.29. The van der Waals surface area contributed by atoms with E-state index in [2.05, 4.69) is 12.2 Å². The van der Waals surface area contributed by atoms with Crippen LogP contribution >= 0.6 is 11.8 Å². The van der Waals surface area contributed by atoms with Crippen molar-refractivity contribution >= 4 is 23.1 Å². The SMILES string of the molecule is CCSCCC(C)Nc1ccc(OC)cc1[N+](=O)[O-]. The molecule has 0 amide bonds. The van der Waals surface area contributed by atoms with Crippen LogP contribution in [0.5, 0.6) is 5.75 Å². The van der Waals surface area contributed by atoms with E-state index in [0.29, 0.717) is 11.4 Å². The van der Waals surface area contributed by atoms with Gasteiger partial charge < -0.3 is 10.1 Å². The molecule has 0 aliphatic rings. The third-order valence-corrected chi connectivity index (χ3v) is 3.64. The summed E-state index contributed by atoms with van der Waals surface area (Å²) in [4.78, 5) is 10.6. The van der Waals surface area contributed by atoms with Crippen LogP contribution in [-0.2, 0) is 0 Å². The van der Waals surface area contributed by atoms with Crippen LogP contribution in [0.3, 0.4) is 0 Å². The fourth-order valence-electron chi connectivity index (χ4n) is 1.65. The second kappa shape index (κ2) is 7.89. The summed E-state index contributed by atoms with van der Waals surface area (Å²) in [7, 11) is 1.50. The van der Waals surface area contributed by atoms with Gasteiger partial charge in [-0.3, -0.25) is 10.1 Å². The minimum absolute atomic E-state index is 0.0503. The molecule has 0 aromatic heterocycles.